The summed E-state index contributed by atoms with van der Waals surface area (Å²) < 4.78 is 25.9. The van der Waals surface area contributed by atoms with Crippen LogP contribution in [0.15, 0.2) is 18.2 Å². The number of hydrogen-bond acceptors (Lipinski definition) is 4. The summed E-state index contributed by atoms with van der Waals surface area (Å²) in [4.78, 5) is 0. The smallest absolute Gasteiger partial charge is 0.195 e. The number of hydrogen-bond donors (Lipinski definition) is 2. The maximum Gasteiger partial charge on any atom is 0.195 e. The van der Waals surface area contributed by atoms with E-state index in [0.29, 0.717) is 0 Å². The molecule has 5 nitrogen and oxygen atoms in total. The fourth-order valence-electron chi connectivity index (χ4n) is 1.19. The Morgan fingerprint density at radius 3 is 2.73 bits per heavy atom. The van der Waals surface area contributed by atoms with Crippen LogP contribution in [-0.4, -0.2) is 20.6 Å². The van der Waals surface area contributed by atoms with Crippen molar-refractivity contribution in [2.45, 2.75) is 6.04 Å². The minimum absolute atomic E-state index is 0.123. The zero-order valence-corrected chi connectivity index (χ0v) is 7.48. The molecule has 3 N–H and O–H groups in total. The van der Waals surface area contributed by atoms with Crippen LogP contribution in [-0.2, 0) is 0 Å². The third-order valence-corrected chi connectivity index (χ3v) is 1.94. The molecule has 0 saturated heterocycles. The number of nitrogens with one attached hydrogen (secondary N) is 1. The van der Waals surface area contributed by atoms with Gasteiger partial charge in [-0.25, -0.2) is 8.78 Å². The second kappa shape index (κ2) is 3.70. The third-order valence-electron chi connectivity index (χ3n) is 1.94. The van der Waals surface area contributed by atoms with Gasteiger partial charge in [-0.2, -0.15) is 5.21 Å². The predicted octanol–water partition coefficient (Wildman–Crippen LogP) is 0.526. The van der Waals surface area contributed by atoms with Crippen LogP contribution in [0.5, 0.6) is 0 Å². The van der Waals surface area contributed by atoms with E-state index in [1.54, 1.807) is 0 Å². The zero-order valence-electron chi connectivity index (χ0n) is 7.48. The second-order valence-electron chi connectivity index (χ2n) is 2.91. The van der Waals surface area contributed by atoms with Crippen LogP contribution in [0.1, 0.15) is 17.4 Å². The zero-order chi connectivity index (χ0) is 10.8. The molecule has 0 aliphatic rings. The number of H-pyrrole nitrogens is 1. The lowest BCUT2D eigenvalue weighted by molar-refractivity contribution is 0.562. The fourth-order valence-corrected chi connectivity index (χ4v) is 1.19. The first kappa shape index (κ1) is 9.66. The molecule has 0 saturated carbocycles. The minimum Gasteiger partial charge on any atom is -0.317 e. The number of nitrogens with zero attached hydrogens (tertiary/aromatic N) is 3. The number of aromatic amines is 1. The molecule has 2 rings (SSSR count). The van der Waals surface area contributed by atoms with Gasteiger partial charge in [-0.15, -0.1) is 10.2 Å². The van der Waals surface area contributed by atoms with E-state index in [4.69, 9.17) is 5.73 Å². The highest BCUT2D eigenvalue weighted by Gasteiger charge is 2.17. The predicted molar refractivity (Wildman–Crippen MR) is 46.6 cm³/mol. The van der Waals surface area contributed by atoms with E-state index in [0.717, 1.165) is 12.1 Å². The molecule has 0 radical (unpaired) electrons. The Balaban J connectivity index is 2.38. The maximum atomic E-state index is 13.3. The van der Waals surface area contributed by atoms with E-state index in [1.807, 2.05) is 0 Å². The Kier molecular flexibility index (Phi) is 2.38. The van der Waals surface area contributed by atoms with Crippen molar-refractivity contribution in [1.82, 2.24) is 20.6 Å². The monoisotopic (exact) mass is 211 g/mol. The quantitative estimate of drug-likeness (QED) is 0.759. The summed E-state index contributed by atoms with van der Waals surface area (Å²) in [6, 6.07) is 2.28. The number of benzene rings is 1. The molecule has 7 heteroatoms. The molecule has 0 aliphatic carbocycles. The van der Waals surface area contributed by atoms with Gasteiger partial charge in [0.2, 0.25) is 0 Å². The van der Waals surface area contributed by atoms with Crippen LogP contribution in [0, 0.1) is 11.6 Å². The molecule has 1 aromatic heterocycles. The lowest BCUT2D eigenvalue weighted by Crippen LogP contribution is -2.15. The molecule has 0 spiro atoms. The van der Waals surface area contributed by atoms with E-state index in [1.165, 1.54) is 6.07 Å². The summed E-state index contributed by atoms with van der Waals surface area (Å²) in [5, 5.41) is 12.8. The molecule has 1 atom stereocenters. The van der Waals surface area contributed by atoms with E-state index in [2.05, 4.69) is 20.6 Å². The number of rotatable bonds is 2. The standard InChI is InChI=1S/C8H7F2N5/c9-4-1-2-5(6(10)3-4)7(11)8-12-14-15-13-8/h1-3,7H,11H2,(H,12,13,14,15). The minimum atomic E-state index is -0.857. The van der Waals surface area contributed by atoms with Gasteiger partial charge < -0.3 is 5.73 Å². The molecule has 1 heterocycles. The highest BCUT2D eigenvalue weighted by Crippen LogP contribution is 2.19. The van der Waals surface area contributed by atoms with Crippen molar-refractivity contribution in [3.05, 3.63) is 41.2 Å². The molecule has 1 unspecified atom stereocenters. The van der Waals surface area contributed by atoms with Crippen molar-refractivity contribution in [3.8, 4) is 0 Å². The summed E-state index contributed by atoms with van der Waals surface area (Å²) in [5.74, 6) is -1.23. The second-order valence-corrected chi connectivity index (χ2v) is 2.91. The molecule has 0 bridgehead atoms. The van der Waals surface area contributed by atoms with Gasteiger partial charge in [0.15, 0.2) is 5.82 Å². The first-order valence-corrected chi connectivity index (χ1v) is 4.12. The third kappa shape index (κ3) is 1.82. The first-order chi connectivity index (χ1) is 7.18. The molecular weight excluding hydrogens is 204 g/mol. The van der Waals surface area contributed by atoms with E-state index < -0.39 is 17.7 Å². The summed E-state index contributed by atoms with van der Waals surface area (Å²) in [6.45, 7) is 0. The van der Waals surface area contributed by atoms with Gasteiger partial charge in [0.25, 0.3) is 0 Å². The number of tetrazole rings is 1. The lowest BCUT2D eigenvalue weighted by Gasteiger charge is -2.08. The van der Waals surface area contributed by atoms with Crippen molar-refractivity contribution in [2.75, 3.05) is 0 Å². The molecule has 0 amide bonds. The van der Waals surface area contributed by atoms with Crippen LogP contribution in [0.3, 0.4) is 0 Å². The normalized spacial score (nSPS) is 12.7. The SMILES string of the molecule is NC(c1nn[nH]n1)c1ccc(F)cc1F. The van der Waals surface area contributed by atoms with Crippen molar-refractivity contribution in [3.63, 3.8) is 0 Å². The fraction of sp³-hybridized carbons (Fsp3) is 0.125. The van der Waals surface area contributed by atoms with Gasteiger partial charge in [0.1, 0.15) is 11.6 Å². The highest BCUT2D eigenvalue weighted by molar-refractivity contribution is 5.25. The molecule has 1 aromatic carbocycles. The largest absolute Gasteiger partial charge is 0.317 e. The Hall–Kier alpha value is -1.89. The van der Waals surface area contributed by atoms with Crippen LogP contribution in [0.25, 0.3) is 0 Å². The number of nitrogens with two attached hydrogens (primary N) is 1. The number of halogens is 2. The van der Waals surface area contributed by atoms with Crippen LogP contribution in [0.2, 0.25) is 0 Å². The van der Waals surface area contributed by atoms with Crippen LogP contribution in [0.4, 0.5) is 8.78 Å². The van der Waals surface area contributed by atoms with E-state index in [-0.39, 0.29) is 11.4 Å². The molecular formula is C8H7F2N5. The summed E-state index contributed by atoms with van der Waals surface area (Å²) in [5.41, 5.74) is 5.79. The maximum absolute atomic E-state index is 13.3. The van der Waals surface area contributed by atoms with Gasteiger partial charge in [0, 0.05) is 11.6 Å². The van der Waals surface area contributed by atoms with E-state index >= 15 is 0 Å². The van der Waals surface area contributed by atoms with Crippen LogP contribution >= 0.6 is 0 Å². The van der Waals surface area contributed by atoms with Gasteiger partial charge in [0.05, 0.1) is 6.04 Å². The Morgan fingerprint density at radius 2 is 2.13 bits per heavy atom. The Morgan fingerprint density at radius 1 is 1.33 bits per heavy atom. The Labute approximate surface area is 83.3 Å². The van der Waals surface area contributed by atoms with Crippen molar-refractivity contribution < 1.29 is 8.78 Å². The average molecular weight is 211 g/mol. The topological polar surface area (TPSA) is 80.5 Å². The molecule has 2 aromatic rings. The Bertz CT molecular complexity index is 456. The molecule has 0 aliphatic heterocycles. The summed E-state index contributed by atoms with van der Waals surface area (Å²) in [6.07, 6.45) is 0. The summed E-state index contributed by atoms with van der Waals surface area (Å²) in [7, 11) is 0. The molecule has 0 fully saturated rings. The molecule has 78 valence electrons. The van der Waals surface area contributed by atoms with Gasteiger partial charge in [-0.05, 0) is 6.07 Å². The van der Waals surface area contributed by atoms with Crippen molar-refractivity contribution in [1.29, 1.82) is 0 Å². The van der Waals surface area contributed by atoms with Crippen molar-refractivity contribution >= 4 is 0 Å². The average Bonchev–Trinajstić information content (AvgIpc) is 2.69. The summed E-state index contributed by atoms with van der Waals surface area (Å²) >= 11 is 0. The lowest BCUT2D eigenvalue weighted by atomic mass is 10.1. The van der Waals surface area contributed by atoms with Gasteiger partial charge >= 0.3 is 0 Å². The van der Waals surface area contributed by atoms with E-state index in [9.17, 15) is 8.78 Å². The van der Waals surface area contributed by atoms with Crippen LogP contribution < -0.4 is 5.73 Å². The van der Waals surface area contributed by atoms with Gasteiger partial charge in [-0.1, -0.05) is 11.3 Å². The number of aromatic nitrogens is 4. The molecule has 15 heavy (non-hydrogen) atoms. The highest BCUT2D eigenvalue weighted by atomic mass is 19.1. The van der Waals surface area contributed by atoms with Crippen molar-refractivity contribution in [2.24, 2.45) is 5.73 Å². The first-order valence-electron chi connectivity index (χ1n) is 4.12. The van der Waals surface area contributed by atoms with Gasteiger partial charge in [-0.3, -0.25) is 0 Å².